The fraction of sp³-hybridized carbons (Fsp3) is 0.154. The van der Waals surface area contributed by atoms with Gasteiger partial charge in [0.15, 0.2) is 6.61 Å². The number of esters is 1. The molecule has 0 aliphatic rings. The summed E-state index contributed by atoms with van der Waals surface area (Å²) in [6.07, 6.45) is 0. The molecule has 0 radical (unpaired) electrons. The maximum atomic E-state index is 12.7. The van der Waals surface area contributed by atoms with Crippen LogP contribution >= 0.6 is 11.5 Å². The van der Waals surface area contributed by atoms with Crippen molar-refractivity contribution in [3.63, 3.8) is 0 Å². The van der Waals surface area contributed by atoms with E-state index in [1.165, 1.54) is 24.3 Å². The molecule has 0 aliphatic heterocycles. The third-order valence-electron chi connectivity index (χ3n) is 2.56. The number of ether oxygens (including phenoxy) is 1. The summed E-state index contributed by atoms with van der Waals surface area (Å²) in [4.78, 5) is 23.4. The quantitative estimate of drug-likeness (QED) is 0.842. The van der Waals surface area contributed by atoms with Crippen LogP contribution in [0, 0.1) is 12.7 Å². The zero-order chi connectivity index (χ0) is 15.4. The van der Waals surface area contributed by atoms with Gasteiger partial charge >= 0.3 is 5.97 Å². The number of rotatable bonds is 4. The van der Waals surface area contributed by atoms with Crippen molar-refractivity contribution in [2.45, 2.75) is 6.92 Å². The average Bonchev–Trinajstić information content (AvgIpc) is 2.78. The first kappa shape index (κ1) is 14.9. The van der Waals surface area contributed by atoms with Gasteiger partial charge in [0.05, 0.1) is 5.69 Å². The van der Waals surface area contributed by atoms with Gasteiger partial charge in [-0.25, -0.2) is 9.18 Å². The molecule has 1 aromatic carbocycles. The van der Waals surface area contributed by atoms with Gasteiger partial charge in [0, 0.05) is 5.69 Å². The highest BCUT2D eigenvalue weighted by Gasteiger charge is 2.19. The van der Waals surface area contributed by atoms with Crippen molar-refractivity contribution < 1.29 is 18.7 Å². The molecular weight excluding hydrogens is 297 g/mol. The van der Waals surface area contributed by atoms with Gasteiger partial charge in [-0.05, 0) is 42.7 Å². The lowest BCUT2D eigenvalue weighted by atomic mass is 10.2. The number of nitrogens with zero attached hydrogens (tertiary/aromatic N) is 1. The highest BCUT2D eigenvalue weighted by molar-refractivity contribution is 7.10. The molecule has 2 rings (SSSR count). The molecule has 0 saturated carbocycles. The van der Waals surface area contributed by atoms with Crippen LogP contribution in [0.15, 0.2) is 24.3 Å². The van der Waals surface area contributed by atoms with E-state index in [0.717, 1.165) is 11.5 Å². The fourth-order valence-corrected chi connectivity index (χ4v) is 2.22. The number of benzene rings is 1. The minimum absolute atomic E-state index is 0.176. The molecule has 2 aromatic rings. The van der Waals surface area contributed by atoms with Gasteiger partial charge in [-0.15, -0.1) is 0 Å². The number of anilines is 2. The summed E-state index contributed by atoms with van der Waals surface area (Å²) in [7, 11) is 0. The van der Waals surface area contributed by atoms with Gasteiger partial charge in [-0.1, -0.05) is 0 Å². The number of hydrogen-bond donors (Lipinski definition) is 2. The monoisotopic (exact) mass is 309 g/mol. The molecule has 1 heterocycles. The van der Waals surface area contributed by atoms with E-state index < -0.39 is 24.3 Å². The Bertz CT molecular complexity index is 650. The molecule has 0 atom stereocenters. The minimum Gasteiger partial charge on any atom is -0.452 e. The third-order valence-corrected chi connectivity index (χ3v) is 3.32. The molecule has 8 heteroatoms. The lowest BCUT2D eigenvalue weighted by molar-refractivity contribution is -0.119. The molecule has 1 aromatic heterocycles. The van der Waals surface area contributed by atoms with E-state index in [9.17, 15) is 14.0 Å². The van der Waals surface area contributed by atoms with Gasteiger partial charge in [-0.3, -0.25) is 4.79 Å². The number of nitrogen functional groups attached to an aromatic ring is 1. The predicted octanol–water partition coefficient (Wildman–Crippen LogP) is 1.97. The second-order valence-electron chi connectivity index (χ2n) is 4.14. The van der Waals surface area contributed by atoms with Crippen LogP contribution in [-0.4, -0.2) is 22.9 Å². The summed E-state index contributed by atoms with van der Waals surface area (Å²) in [5.74, 6) is -1.64. The molecule has 0 aliphatic carbocycles. The first-order valence-corrected chi connectivity index (χ1v) is 6.69. The van der Waals surface area contributed by atoms with Gasteiger partial charge in [-0.2, -0.15) is 4.37 Å². The molecule has 1 amide bonds. The van der Waals surface area contributed by atoms with Crippen molar-refractivity contribution >= 4 is 34.1 Å². The molecule has 21 heavy (non-hydrogen) atoms. The largest absolute Gasteiger partial charge is 0.452 e. The van der Waals surface area contributed by atoms with Crippen molar-refractivity contribution in [2.75, 3.05) is 17.7 Å². The number of halogens is 1. The Hall–Kier alpha value is -2.48. The van der Waals surface area contributed by atoms with Crippen LogP contribution < -0.4 is 11.1 Å². The molecule has 3 N–H and O–H groups in total. The Morgan fingerprint density at radius 3 is 2.62 bits per heavy atom. The van der Waals surface area contributed by atoms with Crippen LogP contribution in [0.4, 0.5) is 15.1 Å². The highest BCUT2D eigenvalue weighted by Crippen LogP contribution is 2.21. The molecule has 6 nitrogen and oxygen atoms in total. The topological polar surface area (TPSA) is 94.3 Å². The maximum Gasteiger partial charge on any atom is 0.343 e. The zero-order valence-electron chi connectivity index (χ0n) is 11.1. The predicted molar refractivity (Wildman–Crippen MR) is 76.6 cm³/mol. The van der Waals surface area contributed by atoms with Gasteiger partial charge in [0.1, 0.15) is 16.4 Å². The van der Waals surface area contributed by atoms with Crippen LogP contribution in [0.5, 0.6) is 0 Å². The number of carbonyl (C=O) groups excluding carboxylic acids is 2. The van der Waals surface area contributed by atoms with Crippen molar-refractivity contribution in [1.29, 1.82) is 0 Å². The van der Waals surface area contributed by atoms with E-state index in [4.69, 9.17) is 10.5 Å². The molecule has 0 saturated heterocycles. The van der Waals surface area contributed by atoms with Gasteiger partial charge in [0.25, 0.3) is 5.91 Å². The Morgan fingerprint density at radius 2 is 2.05 bits per heavy atom. The number of hydrogen-bond acceptors (Lipinski definition) is 6. The number of nitrogens with one attached hydrogen (secondary N) is 1. The Balaban J connectivity index is 1.89. The lowest BCUT2D eigenvalue weighted by Gasteiger charge is -2.06. The number of aryl methyl sites for hydroxylation is 1. The maximum absolute atomic E-state index is 12.7. The van der Waals surface area contributed by atoms with Crippen LogP contribution in [0.2, 0.25) is 0 Å². The van der Waals surface area contributed by atoms with E-state index in [2.05, 4.69) is 9.69 Å². The zero-order valence-corrected chi connectivity index (χ0v) is 11.9. The standard InChI is InChI=1S/C13H12FN3O3S/c1-7-11(12(15)21-17-7)13(19)20-6-10(18)16-9-4-2-8(14)3-5-9/h2-5H,6,15H2,1H3,(H,16,18). The first-order valence-electron chi connectivity index (χ1n) is 5.91. The minimum atomic E-state index is -0.701. The SMILES string of the molecule is Cc1nsc(N)c1C(=O)OCC(=O)Nc1ccc(F)cc1. The normalized spacial score (nSPS) is 10.2. The van der Waals surface area contributed by atoms with E-state index in [0.29, 0.717) is 11.4 Å². The first-order chi connectivity index (χ1) is 9.97. The van der Waals surface area contributed by atoms with Crippen LogP contribution in [0.3, 0.4) is 0 Å². The van der Waals surface area contributed by atoms with E-state index in [1.807, 2.05) is 0 Å². The van der Waals surface area contributed by atoms with E-state index in [1.54, 1.807) is 6.92 Å². The van der Waals surface area contributed by atoms with Crippen LogP contribution in [0.1, 0.15) is 16.1 Å². The number of carbonyl (C=O) groups is 2. The number of nitrogens with two attached hydrogens (primary N) is 1. The van der Waals surface area contributed by atoms with Crippen LogP contribution in [0.25, 0.3) is 0 Å². The fourth-order valence-electron chi connectivity index (χ4n) is 1.57. The Labute approximate surface area is 123 Å². The average molecular weight is 309 g/mol. The summed E-state index contributed by atoms with van der Waals surface area (Å²) in [6, 6.07) is 5.23. The molecule has 110 valence electrons. The summed E-state index contributed by atoms with van der Waals surface area (Å²) in [5.41, 5.74) is 6.65. The summed E-state index contributed by atoms with van der Waals surface area (Å²) in [5, 5.41) is 2.72. The molecule has 0 unspecified atom stereocenters. The number of aromatic nitrogens is 1. The van der Waals surface area contributed by atoms with Crippen molar-refractivity contribution in [3.8, 4) is 0 Å². The van der Waals surface area contributed by atoms with Gasteiger partial charge in [0.2, 0.25) is 0 Å². The summed E-state index contributed by atoms with van der Waals surface area (Å²) < 4.78 is 21.5. The lowest BCUT2D eigenvalue weighted by Crippen LogP contribution is -2.21. The second-order valence-corrected chi connectivity index (χ2v) is 4.94. The van der Waals surface area contributed by atoms with Crippen molar-refractivity contribution in [1.82, 2.24) is 4.37 Å². The van der Waals surface area contributed by atoms with Crippen molar-refractivity contribution in [3.05, 3.63) is 41.3 Å². The third kappa shape index (κ3) is 3.76. The van der Waals surface area contributed by atoms with E-state index >= 15 is 0 Å². The Kier molecular flexibility index (Phi) is 4.49. The van der Waals surface area contributed by atoms with Crippen LogP contribution in [-0.2, 0) is 9.53 Å². The van der Waals surface area contributed by atoms with E-state index in [-0.39, 0.29) is 10.6 Å². The smallest absolute Gasteiger partial charge is 0.343 e. The van der Waals surface area contributed by atoms with Crippen molar-refractivity contribution in [2.24, 2.45) is 0 Å². The van der Waals surface area contributed by atoms with Gasteiger partial charge < -0.3 is 15.8 Å². The second kappa shape index (κ2) is 6.31. The Morgan fingerprint density at radius 1 is 1.38 bits per heavy atom. The summed E-state index contributed by atoms with van der Waals surface area (Å²) in [6.45, 7) is 1.16. The molecule has 0 bridgehead atoms. The summed E-state index contributed by atoms with van der Waals surface area (Å²) >= 11 is 0.988. The highest BCUT2D eigenvalue weighted by atomic mass is 32.1. The number of amides is 1. The molecule has 0 spiro atoms. The molecule has 0 fully saturated rings. The molecular formula is C13H12FN3O3S.